The summed E-state index contributed by atoms with van der Waals surface area (Å²) in [6, 6.07) is 10.1. The second-order valence-corrected chi connectivity index (χ2v) is 2.64. The van der Waals surface area contributed by atoms with Crippen molar-refractivity contribution in [2.75, 3.05) is 0 Å². The van der Waals surface area contributed by atoms with Crippen molar-refractivity contribution in [2.24, 2.45) is 0 Å². The van der Waals surface area contributed by atoms with Gasteiger partial charge in [-0.2, -0.15) is 0 Å². The van der Waals surface area contributed by atoms with Crippen LogP contribution in [0.2, 0.25) is 0 Å². The number of hydrogen-bond donors (Lipinski definition) is 0. The average molecular weight is 180 g/mol. The molecule has 0 atom stereocenters. The molecule has 0 radical (unpaired) electrons. The van der Waals surface area contributed by atoms with Gasteiger partial charge >= 0.3 is 0 Å². The van der Waals surface area contributed by atoms with Crippen molar-refractivity contribution < 1.29 is 0 Å². The van der Waals surface area contributed by atoms with Crippen LogP contribution in [0.3, 0.4) is 0 Å². The second kappa shape index (κ2) is 6.99. The van der Waals surface area contributed by atoms with Crippen LogP contribution in [0.5, 0.6) is 0 Å². The Morgan fingerprint density at radius 2 is 1.67 bits per heavy atom. The van der Waals surface area contributed by atoms with Gasteiger partial charge in [0.1, 0.15) is 0 Å². The van der Waals surface area contributed by atoms with Crippen molar-refractivity contribution in [1.29, 1.82) is 0 Å². The molecule has 0 fully saturated rings. The fourth-order valence-electron chi connectivity index (χ4n) is 0.828. The molecule has 12 heavy (non-hydrogen) atoms. The van der Waals surface area contributed by atoms with Gasteiger partial charge < -0.3 is 0 Å². The summed E-state index contributed by atoms with van der Waals surface area (Å²) in [5.74, 6) is 0. The number of hydrogen-bond acceptors (Lipinski definition) is 1. The molecule has 0 bridgehead atoms. The fourth-order valence-corrected chi connectivity index (χ4v) is 0.964. The van der Waals surface area contributed by atoms with Crippen LogP contribution in [0, 0.1) is 0 Å². The zero-order valence-corrected chi connectivity index (χ0v) is 8.82. The smallest absolute Gasteiger partial charge is 0.0221 e. The second-order valence-electron chi connectivity index (χ2n) is 2.14. The van der Waals surface area contributed by atoms with E-state index in [2.05, 4.69) is 6.92 Å². The molecule has 66 valence electrons. The Kier molecular flexibility index (Phi) is 6.58. The van der Waals surface area contributed by atoms with E-state index in [9.17, 15) is 0 Å². The lowest BCUT2D eigenvalue weighted by molar-refractivity contribution is 1.31. The van der Waals surface area contributed by atoms with Crippen molar-refractivity contribution in [2.45, 2.75) is 27.2 Å². The lowest BCUT2D eigenvalue weighted by atomic mass is 10.1. The molecule has 0 aromatic heterocycles. The molecule has 1 aromatic carbocycles. The highest BCUT2D eigenvalue weighted by Gasteiger charge is 1.93. The monoisotopic (exact) mass is 180 g/mol. The molecule has 0 N–H and O–H groups in total. The van der Waals surface area contributed by atoms with Gasteiger partial charge in [0.15, 0.2) is 0 Å². The first kappa shape index (κ1) is 11.3. The summed E-state index contributed by atoms with van der Waals surface area (Å²) in [7, 11) is 0. The average Bonchev–Trinajstić information content (AvgIpc) is 2.21. The maximum Gasteiger partial charge on any atom is 0.0221 e. The van der Waals surface area contributed by atoms with E-state index in [1.165, 1.54) is 5.56 Å². The van der Waals surface area contributed by atoms with E-state index in [4.69, 9.17) is 12.2 Å². The van der Waals surface area contributed by atoms with Gasteiger partial charge in [-0.15, -0.1) is 0 Å². The van der Waals surface area contributed by atoms with E-state index in [1.807, 2.05) is 44.2 Å². The Labute approximate surface area is 80.6 Å². The Bertz CT molecular complexity index is 214. The van der Waals surface area contributed by atoms with Gasteiger partial charge in [-0.05, 0) is 12.0 Å². The van der Waals surface area contributed by atoms with Crippen LogP contribution in [-0.4, -0.2) is 4.86 Å². The van der Waals surface area contributed by atoms with Crippen LogP contribution in [0.15, 0.2) is 30.3 Å². The highest BCUT2D eigenvalue weighted by molar-refractivity contribution is 7.80. The Morgan fingerprint density at radius 3 is 2.08 bits per heavy atom. The van der Waals surface area contributed by atoms with Crippen LogP contribution >= 0.6 is 12.2 Å². The van der Waals surface area contributed by atoms with Crippen LogP contribution in [0.4, 0.5) is 0 Å². The Balaban J connectivity index is 0.000000561. The van der Waals surface area contributed by atoms with Crippen LogP contribution in [0.1, 0.15) is 32.8 Å². The topological polar surface area (TPSA) is 0 Å². The largest absolute Gasteiger partial charge is 0.0843 e. The molecular formula is C11H16S. The molecule has 0 aliphatic heterocycles. The number of benzene rings is 1. The zero-order chi connectivity index (χ0) is 9.40. The number of rotatable bonds is 2. The normalized spacial score (nSPS) is 8.25. The highest BCUT2D eigenvalue weighted by atomic mass is 32.1. The van der Waals surface area contributed by atoms with Crippen molar-refractivity contribution >= 4 is 17.1 Å². The minimum Gasteiger partial charge on any atom is -0.0843 e. The molecular weight excluding hydrogens is 164 g/mol. The summed E-state index contributed by atoms with van der Waals surface area (Å²) in [5.41, 5.74) is 1.18. The summed E-state index contributed by atoms with van der Waals surface area (Å²) in [5, 5.41) is 0. The maximum absolute atomic E-state index is 5.12. The molecule has 0 amide bonds. The molecule has 0 unspecified atom stereocenters. The van der Waals surface area contributed by atoms with Gasteiger partial charge in [-0.3, -0.25) is 0 Å². The predicted molar refractivity (Wildman–Crippen MR) is 59.8 cm³/mol. The standard InChI is InChI=1S/C9H10S.C2H6/c1-2-9(10)8-6-4-3-5-7-8;1-2/h3-7H,2H2,1H3;1-2H3. The SMILES string of the molecule is CC.CCC(=S)c1ccccc1. The summed E-state index contributed by atoms with van der Waals surface area (Å²) in [4.78, 5) is 1.04. The van der Waals surface area contributed by atoms with Gasteiger partial charge in [0.05, 0.1) is 0 Å². The van der Waals surface area contributed by atoms with Gasteiger partial charge in [-0.1, -0.05) is 63.3 Å². The molecule has 1 rings (SSSR count). The molecule has 0 heterocycles. The fraction of sp³-hybridized carbons (Fsp3) is 0.364. The van der Waals surface area contributed by atoms with Crippen LogP contribution < -0.4 is 0 Å². The van der Waals surface area contributed by atoms with E-state index in [0.29, 0.717) is 0 Å². The minimum absolute atomic E-state index is 0.958. The third kappa shape index (κ3) is 3.63. The lowest BCUT2D eigenvalue weighted by Gasteiger charge is -1.97. The Hall–Kier alpha value is -0.690. The van der Waals surface area contributed by atoms with Crippen molar-refractivity contribution in [3.63, 3.8) is 0 Å². The third-order valence-corrected chi connectivity index (χ3v) is 1.94. The zero-order valence-electron chi connectivity index (χ0n) is 8.00. The van der Waals surface area contributed by atoms with Gasteiger partial charge in [0.25, 0.3) is 0 Å². The quantitative estimate of drug-likeness (QED) is 0.492. The molecule has 0 spiro atoms. The summed E-state index contributed by atoms with van der Waals surface area (Å²) in [6.07, 6.45) is 0.958. The summed E-state index contributed by atoms with van der Waals surface area (Å²) >= 11 is 5.12. The van der Waals surface area contributed by atoms with Crippen molar-refractivity contribution in [1.82, 2.24) is 0 Å². The van der Waals surface area contributed by atoms with E-state index in [1.54, 1.807) is 0 Å². The summed E-state index contributed by atoms with van der Waals surface area (Å²) < 4.78 is 0. The molecule has 1 aromatic rings. The van der Waals surface area contributed by atoms with E-state index < -0.39 is 0 Å². The van der Waals surface area contributed by atoms with Crippen molar-refractivity contribution in [3.8, 4) is 0 Å². The molecule has 0 saturated carbocycles. The third-order valence-electron chi connectivity index (χ3n) is 1.42. The molecule has 0 saturated heterocycles. The highest BCUT2D eigenvalue weighted by Crippen LogP contribution is 2.03. The summed E-state index contributed by atoms with van der Waals surface area (Å²) in [6.45, 7) is 6.08. The van der Waals surface area contributed by atoms with Gasteiger partial charge in [-0.25, -0.2) is 0 Å². The van der Waals surface area contributed by atoms with Gasteiger partial charge in [0.2, 0.25) is 0 Å². The minimum atomic E-state index is 0.958. The van der Waals surface area contributed by atoms with Crippen LogP contribution in [0.25, 0.3) is 0 Å². The first-order valence-corrected chi connectivity index (χ1v) is 4.83. The van der Waals surface area contributed by atoms with Crippen LogP contribution in [-0.2, 0) is 0 Å². The van der Waals surface area contributed by atoms with E-state index >= 15 is 0 Å². The van der Waals surface area contributed by atoms with Gasteiger partial charge in [0, 0.05) is 4.86 Å². The lowest BCUT2D eigenvalue weighted by Crippen LogP contribution is -1.92. The maximum atomic E-state index is 5.12. The van der Waals surface area contributed by atoms with E-state index in [-0.39, 0.29) is 0 Å². The number of thiocarbonyl (C=S) groups is 1. The predicted octanol–water partition coefficient (Wildman–Crippen LogP) is 3.84. The first-order chi connectivity index (χ1) is 5.84. The molecule has 1 heteroatoms. The molecule has 0 aliphatic carbocycles. The molecule has 0 nitrogen and oxygen atoms in total. The Morgan fingerprint density at radius 1 is 1.17 bits per heavy atom. The molecule has 0 aliphatic rings. The van der Waals surface area contributed by atoms with E-state index in [0.717, 1.165) is 11.3 Å². The van der Waals surface area contributed by atoms with Crippen molar-refractivity contribution in [3.05, 3.63) is 35.9 Å². The first-order valence-electron chi connectivity index (χ1n) is 4.43.